The van der Waals surface area contributed by atoms with Gasteiger partial charge in [0.05, 0.1) is 5.75 Å². The average molecular weight is 432 g/mol. The molecule has 0 aliphatic rings. The minimum atomic E-state index is -0.272. The number of nitrogens with zero attached hydrogens (tertiary/aromatic N) is 4. The number of hydrogen-bond acceptors (Lipinski definition) is 7. The molecule has 154 valence electrons. The molecule has 0 saturated heterocycles. The fraction of sp³-hybridized carbons (Fsp3) is 0.400. The van der Waals surface area contributed by atoms with Crippen LogP contribution >= 0.6 is 23.1 Å². The van der Waals surface area contributed by atoms with Gasteiger partial charge in [-0.15, -0.1) is 21.5 Å². The van der Waals surface area contributed by atoms with Crippen molar-refractivity contribution in [1.29, 1.82) is 0 Å². The number of amides is 1. The summed E-state index contributed by atoms with van der Waals surface area (Å²) in [7, 11) is 1.87. The van der Waals surface area contributed by atoms with Gasteiger partial charge in [0.2, 0.25) is 5.91 Å². The predicted octanol–water partition coefficient (Wildman–Crippen LogP) is 4.44. The third kappa shape index (κ3) is 5.57. The summed E-state index contributed by atoms with van der Waals surface area (Å²) in [6.45, 7) is 8.48. The van der Waals surface area contributed by atoms with E-state index in [1.807, 2.05) is 36.1 Å². The zero-order chi connectivity index (χ0) is 21.0. The Morgan fingerprint density at radius 1 is 1.28 bits per heavy atom. The maximum absolute atomic E-state index is 12.0. The van der Waals surface area contributed by atoms with Gasteiger partial charge in [0, 0.05) is 18.6 Å². The van der Waals surface area contributed by atoms with E-state index in [9.17, 15) is 4.79 Å². The summed E-state index contributed by atoms with van der Waals surface area (Å²) in [6.07, 6.45) is 1.38. The largest absolute Gasteiger partial charge is 0.483 e. The number of rotatable bonds is 7. The number of anilines is 1. The zero-order valence-electron chi connectivity index (χ0n) is 17.2. The van der Waals surface area contributed by atoms with E-state index in [4.69, 9.17) is 4.74 Å². The second kappa shape index (κ2) is 8.96. The highest BCUT2D eigenvalue weighted by Gasteiger charge is 2.19. The summed E-state index contributed by atoms with van der Waals surface area (Å²) < 4.78 is 7.90. The predicted molar refractivity (Wildman–Crippen MR) is 117 cm³/mol. The highest BCUT2D eigenvalue weighted by atomic mass is 32.2. The van der Waals surface area contributed by atoms with Crippen molar-refractivity contribution >= 4 is 34.1 Å². The van der Waals surface area contributed by atoms with Crippen LogP contribution in [0, 0.1) is 0 Å². The molecule has 1 atom stereocenters. The molecule has 0 saturated carbocycles. The van der Waals surface area contributed by atoms with Crippen molar-refractivity contribution in [3.63, 3.8) is 0 Å². The van der Waals surface area contributed by atoms with Gasteiger partial charge in [-0.25, -0.2) is 4.98 Å². The Labute approximate surface area is 178 Å². The Hall–Kier alpha value is -2.39. The summed E-state index contributed by atoms with van der Waals surface area (Å²) in [5, 5.41) is 14.3. The highest BCUT2D eigenvalue weighted by Crippen LogP contribution is 2.27. The van der Waals surface area contributed by atoms with Crippen molar-refractivity contribution in [2.75, 3.05) is 11.1 Å². The number of carbonyl (C=O) groups excluding carboxylic acids is 1. The zero-order valence-corrected chi connectivity index (χ0v) is 18.8. The third-order valence-corrected chi connectivity index (χ3v) is 5.99. The first-order valence-corrected chi connectivity index (χ1v) is 11.1. The van der Waals surface area contributed by atoms with Gasteiger partial charge in [0.25, 0.3) is 0 Å². The molecule has 0 aliphatic heterocycles. The van der Waals surface area contributed by atoms with Crippen LogP contribution in [0.15, 0.2) is 41.0 Å². The summed E-state index contributed by atoms with van der Waals surface area (Å²) in [5.41, 5.74) is 1.36. The molecule has 3 aromatic rings. The molecule has 0 unspecified atom stereocenters. The number of ether oxygens (including phenoxy) is 1. The molecule has 0 fully saturated rings. The van der Waals surface area contributed by atoms with Crippen LogP contribution in [-0.4, -0.2) is 31.4 Å². The maximum Gasteiger partial charge on any atom is 0.236 e. The summed E-state index contributed by atoms with van der Waals surface area (Å²) in [4.78, 5) is 16.1. The quantitative estimate of drug-likeness (QED) is 0.557. The lowest BCUT2D eigenvalue weighted by molar-refractivity contribution is -0.113. The van der Waals surface area contributed by atoms with Crippen molar-refractivity contribution < 1.29 is 9.53 Å². The van der Waals surface area contributed by atoms with Gasteiger partial charge in [0.1, 0.15) is 5.75 Å². The summed E-state index contributed by atoms with van der Waals surface area (Å²) in [6, 6.07) is 8.13. The number of nitrogens with one attached hydrogen (secondary N) is 1. The van der Waals surface area contributed by atoms with Gasteiger partial charge in [-0.05, 0) is 30.0 Å². The van der Waals surface area contributed by atoms with Gasteiger partial charge in [-0.2, -0.15) is 0 Å². The number of hydrogen-bond donors (Lipinski definition) is 1. The van der Waals surface area contributed by atoms with Gasteiger partial charge >= 0.3 is 0 Å². The van der Waals surface area contributed by atoms with E-state index in [0.717, 1.165) is 5.75 Å². The van der Waals surface area contributed by atoms with E-state index in [1.54, 1.807) is 6.20 Å². The van der Waals surface area contributed by atoms with Crippen LogP contribution in [0.2, 0.25) is 0 Å². The summed E-state index contributed by atoms with van der Waals surface area (Å²) in [5.74, 6) is 1.59. The van der Waals surface area contributed by atoms with E-state index < -0.39 is 0 Å². The lowest BCUT2D eigenvalue weighted by atomic mass is 9.87. The van der Waals surface area contributed by atoms with Crippen molar-refractivity contribution in [2.45, 2.75) is 44.4 Å². The van der Waals surface area contributed by atoms with E-state index in [0.29, 0.717) is 16.1 Å². The van der Waals surface area contributed by atoms with Crippen LogP contribution in [-0.2, 0) is 17.3 Å². The Bertz CT molecular complexity index is 946. The molecule has 2 aromatic heterocycles. The molecule has 0 spiro atoms. The first kappa shape index (κ1) is 21.3. The fourth-order valence-corrected chi connectivity index (χ4v) is 3.93. The molecule has 0 aliphatic carbocycles. The molecule has 0 bridgehead atoms. The SMILES string of the molecule is C[C@H](Oc1ccc(C(C)(C)C)cc1)c1nnc(SCC(=O)Nc2nccs2)n1C. The third-order valence-electron chi connectivity index (χ3n) is 4.28. The van der Waals surface area contributed by atoms with Crippen LogP contribution in [0.4, 0.5) is 5.13 Å². The van der Waals surface area contributed by atoms with Crippen LogP contribution in [0.5, 0.6) is 5.75 Å². The van der Waals surface area contributed by atoms with Crippen molar-refractivity contribution in [1.82, 2.24) is 19.7 Å². The first-order valence-electron chi connectivity index (χ1n) is 9.22. The molecular formula is C20H25N5O2S2. The van der Waals surface area contributed by atoms with Crippen LogP contribution < -0.4 is 10.1 Å². The Balaban J connectivity index is 1.58. The second-order valence-corrected chi connectivity index (χ2v) is 9.45. The van der Waals surface area contributed by atoms with Crippen molar-refractivity contribution in [3.05, 3.63) is 47.2 Å². The number of aromatic nitrogens is 4. The number of thiazole rings is 1. The monoisotopic (exact) mass is 431 g/mol. The van der Waals surface area contributed by atoms with Gasteiger partial charge in [0.15, 0.2) is 22.2 Å². The van der Waals surface area contributed by atoms with E-state index in [2.05, 4.69) is 53.4 Å². The number of benzene rings is 1. The van der Waals surface area contributed by atoms with E-state index >= 15 is 0 Å². The molecular weight excluding hydrogens is 406 g/mol. The minimum Gasteiger partial charge on any atom is -0.483 e. The standard InChI is InChI=1S/C20H25N5O2S2/c1-13(27-15-8-6-14(7-9-15)20(2,3)4)17-23-24-19(25(17)5)29-12-16(26)22-18-21-10-11-28-18/h6-11,13H,12H2,1-5H3,(H,21,22,26)/t13-/m0/s1. The number of thioether (sulfide) groups is 1. The van der Waals surface area contributed by atoms with Gasteiger partial charge < -0.3 is 14.6 Å². The Morgan fingerprint density at radius 3 is 2.62 bits per heavy atom. The Morgan fingerprint density at radius 2 is 2.00 bits per heavy atom. The number of carbonyl (C=O) groups is 1. The minimum absolute atomic E-state index is 0.103. The van der Waals surface area contributed by atoms with Gasteiger partial charge in [-0.3, -0.25) is 4.79 Å². The van der Waals surface area contributed by atoms with Gasteiger partial charge in [-0.1, -0.05) is 44.7 Å². The summed E-state index contributed by atoms with van der Waals surface area (Å²) >= 11 is 2.71. The van der Waals surface area contributed by atoms with Crippen molar-refractivity contribution in [3.8, 4) is 5.75 Å². The van der Waals surface area contributed by atoms with Crippen LogP contribution in [0.1, 0.15) is 45.2 Å². The molecule has 9 heteroatoms. The second-order valence-electron chi connectivity index (χ2n) is 7.61. The molecule has 3 rings (SSSR count). The highest BCUT2D eigenvalue weighted by molar-refractivity contribution is 7.99. The molecule has 0 radical (unpaired) electrons. The molecule has 29 heavy (non-hydrogen) atoms. The topological polar surface area (TPSA) is 81.9 Å². The Kier molecular flexibility index (Phi) is 6.59. The molecule has 7 nitrogen and oxygen atoms in total. The lowest BCUT2D eigenvalue weighted by Crippen LogP contribution is -2.14. The smallest absolute Gasteiger partial charge is 0.236 e. The fourth-order valence-electron chi connectivity index (χ4n) is 2.67. The molecule has 1 amide bonds. The van der Waals surface area contributed by atoms with Crippen LogP contribution in [0.25, 0.3) is 0 Å². The van der Waals surface area contributed by atoms with Crippen molar-refractivity contribution in [2.24, 2.45) is 7.05 Å². The van der Waals surface area contributed by atoms with E-state index in [1.165, 1.54) is 28.7 Å². The maximum atomic E-state index is 12.0. The normalized spacial score (nSPS) is 12.6. The molecule has 2 heterocycles. The first-order chi connectivity index (χ1) is 13.7. The van der Waals surface area contributed by atoms with Crippen LogP contribution in [0.3, 0.4) is 0 Å². The molecule has 1 N–H and O–H groups in total. The molecule has 1 aromatic carbocycles. The average Bonchev–Trinajstić information content (AvgIpc) is 3.29. The van der Waals surface area contributed by atoms with E-state index in [-0.39, 0.29) is 23.2 Å². The lowest BCUT2D eigenvalue weighted by Gasteiger charge is -2.20.